The Hall–Kier alpha value is -2.82. The van der Waals surface area contributed by atoms with Crippen molar-refractivity contribution in [1.82, 2.24) is 9.55 Å². The van der Waals surface area contributed by atoms with Gasteiger partial charge in [0.05, 0.1) is 28.8 Å². The van der Waals surface area contributed by atoms with Crippen molar-refractivity contribution in [1.29, 1.82) is 0 Å². The maximum atomic E-state index is 13.1. The summed E-state index contributed by atoms with van der Waals surface area (Å²) in [4.78, 5) is 30.0. The predicted molar refractivity (Wildman–Crippen MR) is 105 cm³/mol. The van der Waals surface area contributed by atoms with E-state index < -0.39 is 11.5 Å². The number of nitrogens with zero attached hydrogens (tertiary/aromatic N) is 2. The number of fused-ring (bicyclic) bond motifs is 4. The number of ether oxygens (including phenoxy) is 1. The maximum Gasteiger partial charge on any atom is 0.331 e. The van der Waals surface area contributed by atoms with Gasteiger partial charge in [-0.25, -0.2) is 9.78 Å². The molecule has 6 nitrogen and oxygen atoms in total. The van der Waals surface area contributed by atoms with Gasteiger partial charge in [0, 0.05) is 17.4 Å². The van der Waals surface area contributed by atoms with Crippen LogP contribution in [0.4, 0.5) is 0 Å². The van der Waals surface area contributed by atoms with Crippen LogP contribution in [0.5, 0.6) is 0 Å². The molecule has 0 fully saturated rings. The van der Waals surface area contributed by atoms with Crippen molar-refractivity contribution in [3.8, 4) is 23.7 Å². The Morgan fingerprint density at radius 3 is 2.93 bits per heavy atom. The summed E-state index contributed by atoms with van der Waals surface area (Å²) >= 11 is 4.22. The van der Waals surface area contributed by atoms with E-state index in [2.05, 4.69) is 23.5 Å². The minimum absolute atomic E-state index is 0.0296. The molecule has 2 aliphatic heterocycles. The van der Waals surface area contributed by atoms with Gasteiger partial charge in [-0.2, -0.15) is 12.6 Å². The first-order valence-electron chi connectivity index (χ1n) is 8.41. The number of terminal acetylenes is 1. The third-order valence-electron chi connectivity index (χ3n) is 5.11. The Bertz CT molecular complexity index is 1220. The van der Waals surface area contributed by atoms with Crippen LogP contribution in [0.25, 0.3) is 23.5 Å². The molecular formula is C20H17N3O3S. The summed E-state index contributed by atoms with van der Waals surface area (Å²) < 4.78 is 6.77. The van der Waals surface area contributed by atoms with Crippen LogP contribution >= 0.6 is 12.6 Å². The molecule has 0 aromatic carbocycles. The first-order chi connectivity index (χ1) is 12.9. The molecule has 1 atom stereocenters. The topological polar surface area (TPSA) is 87.2 Å². The molecule has 0 amide bonds. The van der Waals surface area contributed by atoms with E-state index in [9.17, 15) is 9.59 Å². The SMILES string of the molecule is C#C/C=c1/nc2c(c/c1=C/C)Cn1c-2cc2c(c1=O)COC(=O)[C@]2(N)CS. The summed E-state index contributed by atoms with van der Waals surface area (Å²) in [5.74, 6) is 1.94. The standard InChI is InChI=1S/C20H17N3O3S/c1-3-5-15-11(4-2)6-12-8-23-16(17(12)22-15)7-14-13(18(23)24)9-26-19(25)20(14,21)10-27/h1,4-7,27H,8-10,21H2,2H3/b11-4-,15-5+/t20-/m0/s1. The molecule has 4 rings (SSSR count). The normalized spacial score (nSPS) is 21.3. The van der Waals surface area contributed by atoms with Gasteiger partial charge in [0.25, 0.3) is 5.56 Å². The van der Waals surface area contributed by atoms with Gasteiger partial charge in [-0.3, -0.25) is 4.79 Å². The summed E-state index contributed by atoms with van der Waals surface area (Å²) in [6, 6.07) is 3.74. The van der Waals surface area contributed by atoms with Gasteiger partial charge >= 0.3 is 5.97 Å². The van der Waals surface area contributed by atoms with Crippen molar-refractivity contribution in [2.75, 3.05) is 5.75 Å². The third kappa shape index (κ3) is 2.37. The van der Waals surface area contributed by atoms with Crippen molar-refractivity contribution in [3.05, 3.63) is 49.7 Å². The molecule has 27 heavy (non-hydrogen) atoms. The third-order valence-corrected chi connectivity index (χ3v) is 5.61. The van der Waals surface area contributed by atoms with E-state index in [1.165, 1.54) is 0 Å². The number of cyclic esters (lactones) is 1. The fourth-order valence-electron chi connectivity index (χ4n) is 3.63. The average molecular weight is 379 g/mol. The smallest absolute Gasteiger partial charge is 0.331 e. The number of aromatic nitrogens is 2. The van der Waals surface area contributed by atoms with Crippen molar-refractivity contribution in [2.24, 2.45) is 5.73 Å². The van der Waals surface area contributed by atoms with Crippen LogP contribution in [0.3, 0.4) is 0 Å². The second kappa shape index (κ2) is 6.12. The fourth-order valence-corrected chi connectivity index (χ4v) is 3.93. The van der Waals surface area contributed by atoms with E-state index in [1.54, 1.807) is 16.7 Å². The average Bonchev–Trinajstić information content (AvgIpc) is 3.03. The van der Waals surface area contributed by atoms with Gasteiger partial charge in [0.1, 0.15) is 12.1 Å². The lowest BCUT2D eigenvalue weighted by Gasteiger charge is -2.32. The fraction of sp³-hybridized carbons (Fsp3) is 0.250. The monoisotopic (exact) mass is 379 g/mol. The number of carbonyl (C=O) groups excluding carboxylic acids is 1. The van der Waals surface area contributed by atoms with Crippen LogP contribution in [0.1, 0.15) is 23.6 Å². The zero-order chi connectivity index (χ0) is 19.3. The number of esters is 1. The molecule has 0 bridgehead atoms. The Morgan fingerprint density at radius 1 is 1.48 bits per heavy atom. The van der Waals surface area contributed by atoms with Gasteiger partial charge in [0.2, 0.25) is 0 Å². The van der Waals surface area contributed by atoms with E-state index in [1.807, 2.05) is 19.1 Å². The Kier molecular flexibility index (Phi) is 3.98. The zero-order valence-electron chi connectivity index (χ0n) is 14.7. The number of carbonyl (C=O) groups is 1. The molecule has 0 spiro atoms. The van der Waals surface area contributed by atoms with Crippen LogP contribution in [0.2, 0.25) is 0 Å². The molecule has 2 aliphatic rings. The molecule has 136 valence electrons. The van der Waals surface area contributed by atoms with Crippen molar-refractivity contribution < 1.29 is 9.53 Å². The zero-order valence-corrected chi connectivity index (χ0v) is 15.5. The molecule has 2 N–H and O–H groups in total. The van der Waals surface area contributed by atoms with Crippen LogP contribution in [-0.2, 0) is 28.2 Å². The van der Waals surface area contributed by atoms with Gasteiger partial charge in [0.15, 0.2) is 0 Å². The minimum atomic E-state index is -1.46. The number of nitrogens with two attached hydrogens (primary N) is 1. The minimum Gasteiger partial charge on any atom is -0.459 e. The lowest BCUT2D eigenvalue weighted by molar-refractivity contribution is -0.153. The van der Waals surface area contributed by atoms with Crippen LogP contribution in [0.15, 0.2) is 16.9 Å². The largest absolute Gasteiger partial charge is 0.459 e. The number of hydrogen-bond donors (Lipinski definition) is 2. The van der Waals surface area contributed by atoms with Gasteiger partial charge < -0.3 is 15.0 Å². The molecule has 0 aliphatic carbocycles. The second-order valence-electron chi connectivity index (χ2n) is 6.59. The number of pyridine rings is 2. The summed E-state index contributed by atoms with van der Waals surface area (Å²) in [5.41, 5.74) is 7.62. The molecule has 0 radical (unpaired) electrons. The Labute approximate surface area is 160 Å². The maximum absolute atomic E-state index is 13.1. The van der Waals surface area contributed by atoms with Gasteiger partial charge in [-0.15, -0.1) is 6.42 Å². The predicted octanol–water partition coefficient (Wildman–Crippen LogP) is -0.373. The Morgan fingerprint density at radius 2 is 2.26 bits per heavy atom. The highest BCUT2D eigenvalue weighted by Gasteiger charge is 2.44. The first kappa shape index (κ1) is 17.6. The summed E-state index contributed by atoms with van der Waals surface area (Å²) in [5, 5.41) is 1.56. The highest BCUT2D eigenvalue weighted by atomic mass is 32.1. The molecule has 4 heterocycles. The molecule has 0 saturated heterocycles. The summed E-state index contributed by atoms with van der Waals surface area (Å²) in [7, 11) is 0. The molecule has 0 unspecified atom stereocenters. The quantitative estimate of drug-likeness (QED) is 0.342. The molecular weight excluding hydrogens is 362 g/mol. The van der Waals surface area contributed by atoms with Crippen LogP contribution < -0.4 is 21.9 Å². The number of thiol groups is 1. The number of hydrogen-bond acceptors (Lipinski definition) is 6. The van der Waals surface area contributed by atoms with Crippen LogP contribution in [-0.4, -0.2) is 21.3 Å². The molecule has 7 heteroatoms. The highest BCUT2D eigenvalue weighted by Crippen LogP contribution is 2.34. The Balaban J connectivity index is 2.05. The highest BCUT2D eigenvalue weighted by molar-refractivity contribution is 7.80. The first-order valence-corrected chi connectivity index (χ1v) is 9.05. The van der Waals surface area contributed by atoms with Crippen molar-refractivity contribution in [3.63, 3.8) is 0 Å². The van der Waals surface area contributed by atoms with E-state index in [0.717, 1.165) is 10.8 Å². The summed E-state index contributed by atoms with van der Waals surface area (Å²) in [6.07, 6.45) is 8.93. The summed E-state index contributed by atoms with van der Waals surface area (Å²) in [6.45, 7) is 2.21. The number of rotatable bonds is 1. The van der Waals surface area contributed by atoms with E-state index in [-0.39, 0.29) is 17.9 Å². The van der Waals surface area contributed by atoms with Gasteiger partial charge in [-0.1, -0.05) is 12.0 Å². The lowest BCUT2D eigenvalue weighted by Crippen LogP contribution is -2.52. The lowest BCUT2D eigenvalue weighted by atomic mass is 9.87. The second-order valence-corrected chi connectivity index (χ2v) is 6.91. The van der Waals surface area contributed by atoms with E-state index in [4.69, 9.17) is 16.9 Å². The molecule has 2 aromatic heterocycles. The van der Waals surface area contributed by atoms with E-state index >= 15 is 0 Å². The molecule has 0 saturated carbocycles. The van der Waals surface area contributed by atoms with Crippen molar-refractivity contribution in [2.45, 2.75) is 25.6 Å². The van der Waals surface area contributed by atoms with Crippen molar-refractivity contribution >= 4 is 30.8 Å². The van der Waals surface area contributed by atoms with Crippen LogP contribution in [0, 0.1) is 12.3 Å². The van der Waals surface area contributed by atoms with E-state index in [0.29, 0.717) is 34.4 Å². The molecule has 2 aromatic rings. The van der Waals surface area contributed by atoms with Gasteiger partial charge in [-0.05, 0) is 29.8 Å².